The number of hydrogen-bond acceptors (Lipinski definition) is 7. The molecule has 5 N–H and O–H groups in total. The molecule has 31 heavy (non-hydrogen) atoms. The number of nitrogens with zero attached hydrogens (tertiary/aromatic N) is 1. The van der Waals surface area contributed by atoms with Crippen molar-refractivity contribution in [2.45, 2.75) is 50.1 Å². The summed E-state index contributed by atoms with van der Waals surface area (Å²) in [5.41, 5.74) is 1.01. The van der Waals surface area contributed by atoms with Gasteiger partial charge in [0.2, 0.25) is 0 Å². The van der Waals surface area contributed by atoms with Crippen LogP contribution >= 0.6 is 11.6 Å². The fourth-order valence-corrected chi connectivity index (χ4v) is 3.84. The Balaban J connectivity index is 0.000000291. The molecule has 0 aromatic heterocycles. The second-order valence-electron chi connectivity index (χ2n) is 7.46. The van der Waals surface area contributed by atoms with E-state index < -0.39 is 24.1 Å². The summed E-state index contributed by atoms with van der Waals surface area (Å²) in [6.45, 7) is 4.55. The SMILES string of the molecule is Fc1ccc(CN(C2CCOCC2)[C@H]2CCNC2)c(Cl)c1.O=C(O)C(O)C(O)C(=O)O. The summed E-state index contributed by atoms with van der Waals surface area (Å²) in [7, 11) is 0. The molecule has 0 spiro atoms. The van der Waals surface area contributed by atoms with E-state index in [2.05, 4.69) is 10.2 Å². The van der Waals surface area contributed by atoms with Crippen LogP contribution in [0.25, 0.3) is 0 Å². The smallest absolute Gasteiger partial charge is 0.335 e. The van der Waals surface area contributed by atoms with E-state index in [1.165, 1.54) is 12.1 Å². The number of benzene rings is 1. The third-order valence-electron chi connectivity index (χ3n) is 5.34. The minimum absolute atomic E-state index is 0.274. The number of aliphatic hydroxyl groups is 2. The zero-order valence-corrected chi connectivity index (χ0v) is 17.7. The number of rotatable bonds is 7. The predicted molar refractivity (Wildman–Crippen MR) is 109 cm³/mol. The maximum atomic E-state index is 13.2. The molecule has 2 unspecified atom stereocenters. The van der Waals surface area contributed by atoms with Gasteiger partial charge in [0.25, 0.3) is 0 Å². The van der Waals surface area contributed by atoms with E-state index in [0.717, 1.165) is 57.7 Å². The number of ether oxygens (including phenoxy) is 1. The molecule has 3 rings (SSSR count). The summed E-state index contributed by atoms with van der Waals surface area (Å²) >= 11 is 6.21. The van der Waals surface area contributed by atoms with Gasteiger partial charge in [-0.1, -0.05) is 17.7 Å². The predicted octanol–water partition coefficient (Wildman–Crippen LogP) is 0.699. The first kappa shape index (κ1) is 25.4. The number of aliphatic carboxylic acids is 2. The van der Waals surface area contributed by atoms with E-state index in [0.29, 0.717) is 17.1 Å². The first-order valence-corrected chi connectivity index (χ1v) is 10.4. The van der Waals surface area contributed by atoms with Gasteiger partial charge in [-0.15, -0.1) is 0 Å². The molecule has 11 heteroatoms. The maximum Gasteiger partial charge on any atom is 0.335 e. The lowest BCUT2D eigenvalue weighted by molar-refractivity contribution is -0.165. The molecule has 3 atom stereocenters. The van der Waals surface area contributed by atoms with Gasteiger partial charge in [-0.25, -0.2) is 14.0 Å². The number of carboxylic acid groups (broad SMARTS) is 2. The molecule has 2 heterocycles. The standard InChI is InChI=1S/C16H22ClFN2O.C4H6O6/c17-16-9-13(18)2-1-12(16)11-20(15-3-6-19-10-15)14-4-7-21-8-5-14;5-1(3(7)8)2(6)4(9)10/h1-2,9,14-15,19H,3-8,10-11H2;1-2,5-6H,(H,7,8)(H,9,10)/t15-;/m0./s1. The van der Waals surface area contributed by atoms with Crippen molar-refractivity contribution < 1.29 is 39.1 Å². The van der Waals surface area contributed by atoms with Crippen LogP contribution in [0, 0.1) is 5.82 Å². The molecule has 0 bridgehead atoms. The number of aliphatic hydroxyl groups excluding tert-OH is 2. The van der Waals surface area contributed by atoms with Gasteiger partial charge in [-0.2, -0.15) is 0 Å². The van der Waals surface area contributed by atoms with Gasteiger partial charge < -0.3 is 30.5 Å². The molecule has 2 saturated heterocycles. The summed E-state index contributed by atoms with van der Waals surface area (Å²) in [5.74, 6) is -3.81. The van der Waals surface area contributed by atoms with E-state index in [4.69, 9.17) is 36.8 Å². The van der Waals surface area contributed by atoms with Crippen molar-refractivity contribution in [2.75, 3.05) is 26.3 Å². The van der Waals surface area contributed by atoms with Crippen LogP contribution in [0.4, 0.5) is 4.39 Å². The molecule has 2 aliphatic heterocycles. The topological polar surface area (TPSA) is 140 Å². The normalized spacial score (nSPS) is 21.3. The van der Waals surface area contributed by atoms with E-state index in [1.807, 2.05) is 6.07 Å². The molecule has 0 aliphatic carbocycles. The minimum atomic E-state index is -2.27. The van der Waals surface area contributed by atoms with E-state index in [1.54, 1.807) is 0 Å². The zero-order chi connectivity index (χ0) is 23.0. The third-order valence-corrected chi connectivity index (χ3v) is 5.69. The number of carbonyl (C=O) groups is 2. The Labute approximate surface area is 184 Å². The van der Waals surface area contributed by atoms with Crippen LogP contribution < -0.4 is 5.32 Å². The number of hydrogen-bond donors (Lipinski definition) is 5. The summed E-state index contributed by atoms with van der Waals surface area (Å²) in [4.78, 5) is 22.1. The number of nitrogens with one attached hydrogen (secondary N) is 1. The Bertz CT molecular complexity index is 724. The Morgan fingerprint density at radius 1 is 1.13 bits per heavy atom. The molecule has 174 valence electrons. The molecule has 2 fully saturated rings. The summed E-state index contributed by atoms with van der Waals surface area (Å²) < 4.78 is 18.7. The number of carboxylic acids is 2. The van der Waals surface area contributed by atoms with Crippen LogP contribution in [-0.4, -0.2) is 87.9 Å². The Morgan fingerprint density at radius 2 is 1.74 bits per heavy atom. The van der Waals surface area contributed by atoms with Gasteiger partial charge in [-0.05, 0) is 43.5 Å². The van der Waals surface area contributed by atoms with Crippen molar-refractivity contribution in [3.8, 4) is 0 Å². The van der Waals surface area contributed by atoms with Crippen LogP contribution in [0.5, 0.6) is 0 Å². The molecule has 0 saturated carbocycles. The Kier molecular flexibility index (Phi) is 10.1. The third kappa shape index (κ3) is 7.67. The van der Waals surface area contributed by atoms with E-state index >= 15 is 0 Å². The van der Waals surface area contributed by atoms with Gasteiger partial charge in [0.05, 0.1) is 0 Å². The van der Waals surface area contributed by atoms with E-state index in [-0.39, 0.29) is 5.82 Å². The first-order valence-electron chi connectivity index (χ1n) is 10.0. The van der Waals surface area contributed by atoms with Crippen molar-refractivity contribution in [1.82, 2.24) is 10.2 Å². The highest BCUT2D eigenvalue weighted by atomic mass is 35.5. The van der Waals surface area contributed by atoms with Crippen molar-refractivity contribution in [2.24, 2.45) is 0 Å². The highest BCUT2D eigenvalue weighted by Gasteiger charge is 2.30. The monoisotopic (exact) mass is 462 g/mol. The van der Waals surface area contributed by atoms with Gasteiger partial charge in [-0.3, -0.25) is 4.90 Å². The first-order chi connectivity index (χ1) is 14.7. The molecular formula is C20H28ClFN2O7. The summed E-state index contributed by atoms with van der Waals surface area (Å²) in [6.07, 6.45) is -1.24. The van der Waals surface area contributed by atoms with Gasteiger partial charge in [0.15, 0.2) is 12.2 Å². The molecule has 1 aromatic rings. The highest BCUT2D eigenvalue weighted by Crippen LogP contribution is 2.26. The van der Waals surface area contributed by atoms with Crippen LogP contribution in [0.3, 0.4) is 0 Å². The van der Waals surface area contributed by atoms with Crippen LogP contribution in [0.15, 0.2) is 18.2 Å². The Morgan fingerprint density at radius 3 is 2.23 bits per heavy atom. The van der Waals surface area contributed by atoms with Gasteiger partial charge in [0, 0.05) is 43.4 Å². The van der Waals surface area contributed by atoms with Crippen LogP contribution in [0.1, 0.15) is 24.8 Å². The molecule has 0 radical (unpaired) electrons. The van der Waals surface area contributed by atoms with E-state index in [9.17, 15) is 14.0 Å². The van der Waals surface area contributed by atoms with Crippen LogP contribution in [0.2, 0.25) is 5.02 Å². The van der Waals surface area contributed by atoms with Crippen molar-refractivity contribution in [3.63, 3.8) is 0 Å². The largest absolute Gasteiger partial charge is 0.479 e. The lowest BCUT2D eigenvalue weighted by Gasteiger charge is -2.38. The van der Waals surface area contributed by atoms with Crippen molar-refractivity contribution in [3.05, 3.63) is 34.6 Å². The quantitative estimate of drug-likeness (QED) is 0.396. The maximum absolute atomic E-state index is 13.2. The minimum Gasteiger partial charge on any atom is -0.479 e. The van der Waals surface area contributed by atoms with Crippen LogP contribution in [-0.2, 0) is 20.9 Å². The average Bonchev–Trinajstić information content (AvgIpc) is 3.27. The zero-order valence-electron chi connectivity index (χ0n) is 16.9. The second-order valence-corrected chi connectivity index (χ2v) is 7.87. The van der Waals surface area contributed by atoms with Gasteiger partial charge >= 0.3 is 11.9 Å². The molecule has 0 amide bonds. The van der Waals surface area contributed by atoms with Gasteiger partial charge in [0.1, 0.15) is 5.82 Å². The fraction of sp³-hybridized carbons (Fsp3) is 0.600. The highest BCUT2D eigenvalue weighted by molar-refractivity contribution is 6.31. The van der Waals surface area contributed by atoms with Crippen molar-refractivity contribution >= 4 is 23.5 Å². The molecule has 1 aromatic carbocycles. The lowest BCUT2D eigenvalue weighted by Crippen LogP contribution is -2.46. The lowest BCUT2D eigenvalue weighted by atomic mass is 10.0. The molecule has 9 nitrogen and oxygen atoms in total. The second kappa shape index (κ2) is 12.3. The Hall–Kier alpha value is -1.82. The fourth-order valence-electron chi connectivity index (χ4n) is 3.61. The summed E-state index contributed by atoms with van der Waals surface area (Å²) in [5, 5.41) is 36.5. The molecule has 2 aliphatic rings. The van der Waals surface area contributed by atoms with Crippen molar-refractivity contribution in [1.29, 1.82) is 0 Å². The summed E-state index contributed by atoms with van der Waals surface area (Å²) in [6, 6.07) is 5.79. The average molecular weight is 463 g/mol. The number of halogens is 2. The molecular weight excluding hydrogens is 435 g/mol.